The largest absolute Gasteiger partial charge is 0.396 e. The maximum atomic E-state index is 12.2. The van der Waals surface area contributed by atoms with Gasteiger partial charge in [-0.15, -0.1) is 0 Å². The number of fused-ring (bicyclic) bond motifs is 1. The first kappa shape index (κ1) is 14.5. The van der Waals surface area contributed by atoms with E-state index >= 15 is 0 Å². The molecule has 4 nitrogen and oxygen atoms in total. The molecule has 0 spiro atoms. The third kappa shape index (κ3) is 3.78. The van der Waals surface area contributed by atoms with Crippen molar-refractivity contribution in [1.29, 1.82) is 0 Å². The van der Waals surface area contributed by atoms with Crippen molar-refractivity contribution in [1.82, 2.24) is 10.3 Å². The molecule has 1 amide bonds. The smallest absolute Gasteiger partial charge is 0.251 e. The lowest BCUT2D eigenvalue weighted by atomic mass is 10.1. The minimum atomic E-state index is -0.0502. The Hall–Kier alpha value is -1.94. The highest BCUT2D eigenvalue weighted by Gasteiger charge is 2.09. The molecule has 0 saturated heterocycles. The van der Waals surface area contributed by atoms with Gasteiger partial charge in [0.05, 0.1) is 5.52 Å². The molecule has 2 rings (SSSR count). The fourth-order valence-electron chi connectivity index (χ4n) is 2.19. The van der Waals surface area contributed by atoms with Gasteiger partial charge >= 0.3 is 0 Å². The quantitative estimate of drug-likeness (QED) is 0.761. The van der Waals surface area contributed by atoms with Crippen LogP contribution in [0.25, 0.3) is 10.9 Å². The normalized spacial score (nSPS) is 10.7. The molecule has 2 aromatic rings. The number of rotatable bonds is 7. The fourth-order valence-corrected chi connectivity index (χ4v) is 2.19. The van der Waals surface area contributed by atoms with Gasteiger partial charge in [0.2, 0.25) is 0 Å². The van der Waals surface area contributed by atoms with Crippen LogP contribution < -0.4 is 5.32 Å². The monoisotopic (exact) mass is 272 g/mol. The molecule has 2 N–H and O–H groups in total. The number of nitrogens with zero attached hydrogens (tertiary/aromatic N) is 1. The van der Waals surface area contributed by atoms with Crippen molar-refractivity contribution < 1.29 is 9.90 Å². The van der Waals surface area contributed by atoms with Crippen molar-refractivity contribution in [3.8, 4) is 0 Å². The lowest BCUT2D eigenvalue weighted by Gasteiger charge is -2.07. The van der Waals surface area contributed by atoms with Crippen LogP contribution in [0.15, 0.2) is 36.5 Å². The van der Waals surface area contributed by atoms with Gasteiger partial charge in [0.1, 0.15) is 0 Å². The summed E-state index contributed by atoms with van der Waals surface area (Å²) in [4.78, 5) is 16.4. The number of pyridine rings is 1. The number of hydrogen-bond acceptors (Lipinski definition) is 3. The standard InChI is InChI=1S/C16H20N2O2/c19-12-4-2-1-3-10-18-16(20)14-7-5-9-15-13(14)8-6-11-17-15/h5-9,11,19H,1-4,10,12H2,(H,18,20). The Balaban J connectivity index is 1.91. The Morgan fingerprint density at radius 2 is 1.95 bits per heavy atom. The molecule has 1 aromatic heterocycles. The molecule has 20 heavy (non-hydrogen) atoms. The first-order valence-electron chi connectivity index (χ1n) is 7.06. The SMILES string of the molecule is O=C(NCCCCCCO)c1cccc2ncccc12. The van der Waals surface area contributed by atoms with E-state index in [2.05, 4.69) is 10.3 Å². The van der Waals surface area contributed by atoms with E-state index < -0.39 is 0 Å². The average molecular weight is 272 g/mol. The van der Waals surface area contributed by atoms with Crippen LogP contribution in [-0.4, -0.2) is 29.1 Å². The molecule has 0 aliphatic heterocycles. The molecule has 106 valence electrons. The molecule has 0 unspecified atom stereocenters. The minimum absolute atomic E-state index is 0.0502. The van der Waals surface area contributed by atoms with E-state index in [-0.39, 0.29) is 12.5 Å². The second-order valence-corrected chi connectivity index (χ2v) is 4.77. The predicted octanol–water partition coefficient (Wildman–Crippen LogP) is 2.52. The molecule has 1 aromatic carbocycles. The topological polar surface area (TPSA) is 62.2 Å². The first-order chi connectivity index (χ1) is 9.83. The highest BCUT2D eigenvalue weighted by molar-refractivity contribution is 6.06. The molecular formula is C16H20N2O2. The van der Waals surface area contributed by atoms with Crippen LogP contribution in [0, 0.1) is 0 Å². The van der Waals surface area contributed by atoms with Crippen LogP contribution in [-0.2, 0) is 0 Å². The fraction of sp³-hybridized carbons (Fsp3) is 0.375. The molecule has 0 aliphatic carbocycles. The lowest BCUT2D eigenvalue weighted by Crippen LogP contribution is -2.24. The number of amides is 1. The molecular weight excluding hydrogens is 252 g/mol. The van der Waals surface area contributed by atoms with Crippen molar-refractivity contribution in [2.75, 3.05) is 13.2 Å². The number of nitrogens with one attached hydrogen (secondary N) is 1. The number of aliphatic hydroxyl groups is 1. The first-order valence-corrected chi connectivity index (χ1v) is 7.06. The molecule has 0 atom stereocenters. The zero-order chi connectivity index (χ0) is 14.2. The van der Waals surface area contributed by atoms with E-state index in [1.165, 1.54) is 0 Å². The number of unbranched alkanes of at least 4 members (excludes halogenated alkanes) is 3. The summed E-state index contributed by atoms with van der Waals surface area (Å²) >= 11 is 0. The van der Waals surface area contributed by atoms with Crippen molar-refractivity contribution in [3.05, 3.63) is 42.1 Å². The number of aromatic nitrogens is 1. The maximum absolute atomic E-state index is 12.2. The highest BCUT2D eigenvalue weighted by Crippen LogP contribution is 2.16. The van der Waals surface area contributed by atoms with Gasteiger partial charge < -0.3 is 10.4 Å². The molecule has 0 radical (unpaired) electrons. The summed E-state index contributed by atoms with van der Waals surface area (Å²) in [5.74, 6) is -0.0502. The van der Waals surface area contributed by atoms with Crippen LogP contribution in [0.1, 0.15) is 36.0 Å². The summed E-state index contributed by atoms with van der Waals surface area (Å²) in [6, 6.07) is 9.34. The van der Waals surface area contributed by atoms with Gasteiger partial charge in [0.15, 0.2) is 0 Å². The van der Waals surface area contributed by atoms with Gasteiger partial charge in [-0.05, 0) is 31.0 Å². The third-order valence-corrected chi connectivity index (χ3v) is 3.26. The Labute approximate surface area is 118 Å². The van der Waals surface area contributed by atoms with Crippen LogP contribution in [0.5, 0.6) is 0 Å². The average Bonchev–Trinajstić information content (AvgIpc) is 2.50. The molecule has 0 aliphatic rings. The predicted molar refractivity (Wildman–Crippen MR) is 79.6 cm³/mol. The number of benzene rings is 1. The Morgan fingerprint density at radius 3 is 2.80 bits per heavy atom. The molecule has 0 bridgehead atoms. The van der Waals surface area contributed by atoms with Gasteiger partial charge in [-0.3, -0.25) is 9.78 Å². The van der Waals surface area contributed by atoms with E-state index in [1.807, 2.05) is 30.3 Å². The Morgan fingerprint density at radius 1 is 1.10 bits per heavy atom. The number of hydrogen-bond donors (Lipinski definition) is 2. The Kier molecular flexibility index (Phi) is 5.50. The van der Waals surface area contributed by atoms with E-state index in [0.717, 1.165) is 36.6 Å². The van der Waals surface area contributed by atoms with Crippen molar-refractivity contribution in [2.24, 2.45) is 0 Å². The number of carbonyl (C=O) groups excluding carboxylic acids is 1. The van der Waals surface area contributed by atoms with Gasteiger partial charge in [-0.2, -0.15) is 0 Å². The van der Waals surface area contributed by atoms with Crippen molar-refractivity contribution >= 4 is 16.8 Å². The summed E-state index contributed by atoms with van der Waals surface area (Å²) < 4.78 is 0. The summed E-state index contributed by atoms with van der Waals surface area (Å²) in [6.45, 7) is 0.913. The second-order valence-electron chi connectivity index (χ2n) is 4.77. The van der Waals surface area contributed by atoms with Gasteiger partial charge in [-0.25, -0.2) is 0 Å². The van der Waals surface area contributed by atoms with E-state index in [0.29, 0.717) is 12.1 Å². The second kappa shape index (κ2) is 7.60. The summed E-state index contributed by atoms with van der Waals surface area (Å²) in [5, 5.41) is 12.5. The van der Waals surface area contributed by atoms with E-state index in [4.69, 9.17) is 5.11 Å². The number of carbonyl (C=O) groups is 1. The molecule has 4 heteroatoms. The molecule has 0 fully saturated rings. The third-order valence-electron chi connectivity index (χ3n) is 3.26. The van der Waals surface area contributed by atoms with Crippen LogP contribution in [0.2, 0.25) is 0 Å². The van der Waals surface area contributed by atoms with Crippen LogP contribution in [0.3, 0.4) is 0 Å². The van der Waals surface area contributed by atoms with E-state index in [9.17, 15) is 4.79 Å². The minimum Gasteiger partial charge on any atom is -0.396 e. The number of aliphatic hydroxyl groups excluding tert-OH is 1. The zero-order valence-electron chi connectivity index (χ0n) is 11.5. The summed E-state index contributed by atoms with van der Waals surface area (Å²) in [5.41, 5.74) is 1.51. The zero-order valence-corrected chi connectivity index (χ0v) is 11.5. The molecule has 0 saturated carbocycles. The summed E-state index contributed by atoms with van der Waals surface area (Å²) in [7, 11) is 0. The maximum Gasteiger partial charge on any atom is 0.251 e. The summed E-state index contributed by atoms with van der Waals surface area (Å²) in [6.07, 6.45) is 5.53. The van der Waals surface area contributed by atoms with Crippen molar-refractivity contribution in [3.63, 3.8) is 0 Å². The lowest BCUT2D eigenvalue weighted by molar-refractivity contribution is 0.0954. The van der Waals surface area contributed by atoms with Gasteiger partial charge in [0.25, 0.3) is 5.91 Å². The van der Waals surface area contributed by atoms with Gasteiger partial charge in [-0.1, -0.05) is 25.0 Å². The van der Waals surface area contributed by atoms with Gasteiger partial charge in [0, 0.05) is 30.3 Å². The van der Waals surface area contributed by atoms with Crippen LogP contribution >= 0.6 is 0 Å². The Bertz CT molecular complexity index is 564. The highest BCUT2D eigenvalue weighted by atomic mass is 16.2. The van der Waals surface area contributed by atoms with Crippen LogP contribution in [0.4, 0.5) is 0 Å². The van der Waals surface area contributed by atoms with E-state index in [1.54, 1.807) is 6.20 Å². The molecule has 1 heterocycles. The van der Waals surface area contributed by atoms with Crippen molar-refractivity contribution in [2.45, 2.75) is 25.7 Å².